The van der Waals surface area contributed by atoms with E-state index in [0.717, 1.165) is 17.7 Å². The Morgan fingerprint density at radius 3 is 2.67 bits per heavy atom. The van der Waals surface area contributed by atoms with Gasteiger partial charge in [-0.1, -0.05) is 37.3 Å². The molecule has 0 aliphatic heterocycles. The highest BCUT2D eigenvalue weighted by molar-refractivity contribution is 7.80. The summed E-state index contributed by atoms with van der Waals surface area (Å²) in [5, 5.41) is 14.8. The van der Waals surface area contributed by atoms with Gasteiger partial charge in [0.2, 0.25) is 0 Å². The number of nitrogens with one attached hydrogen (secondary N) is 1. The summed E-state index contributed by atoms with van der Waals surface area (Å²) >= 11 is 5.51. The van der Waals surface area contributed by atoms with E-state index < -0.39 is 0 Å². The molecule has 0 aliphatic carbocycles. The second-order valence-corrected chi connectivity index (χ2v) is 5.97. The molecule has 0 heterocycles. The van der Waals surface area contributed by atoms with E-state index in [0.29, 0.717) is 5.11 Å². The summed E-state index contributed by atoms with van der Waals surface area (Å²) in [7, 11) is 1.88. The van der Waals surface area contributed by atoms with Crippen LogP contribution >= 0.6 is 12.2 Å². The maximum absolute atomic E-state index is 10.9. The normalized spacial score (nSPS) is 11.6. The fraction of sp³-hybridized carbons (Fsp3) is 0.278. The van der Waals surface area contributed by atoms with E-state index in [2.05, 4.69) is 18.3 Å². The van der Waals surface area contributed by atoms with Crippen molar-refractivity contribution in [1.29, 1.82) is 0 Å². The number of anilines is 1. The SMILES string of the molecule is CCc1ccccc1NC(=S)N(C)[C@H](C)c1cccc([N+](=O)[O-])c1. The van der Waals surface area contributed by atoms with Gasteiger partial charge < -0.3 is 10.2 Å². The third kappa shape index (κ3) is 4.08. The molecule has 1 N–H and O–H groups in total. The molecule has 0 aromatic heterocycles. The minimum absolute atomic E-state index is 0.0845. The lowest BCUT2D eigenvalue weighted by Gasteiger charge is -2.28. The number of hydrogen-bond donors (Lipinski definition) is 1. The van der Waals surface area contributed by atoms with Crippen molar-refractivity contribution >= 4 is 28.7 Å². The second kappa shape index (κ2) is 7.88. The smallest absolute Gasteiger partial charge is 0.269 e. The molecule has 24 heavy (non-hydrogen) atoms. The molecule has 0 spiro atoms. The third-order valence-electron chi connectivity index (χ3n) is 4.10. The quantitative estimate of drug-likeness (QED) is 0.490. The molecule has 6 heteroatoms. The van der Waals surface area contributed by atoms with Gasteiger partial charge in [-0.15, -0.1) is 0 Å². The van der Waals surface area contributed by atoms with Crippen molar-refractivity contribution in [3.63, 3.8) is 0 Å². The minimum atomic E-state index is -0.385. The maximum Gasteiger partial charge on any atom is 0.269 e. The number of rotatable bonds is 5. The van der Waals surface area contributed by atoms with Gasteiger partial charge in [-0.25, -0.2) is 0 Å². The van der Waals surface area contributed by atoms with Crippen molar-refractivity contribution < 1.29 is 4.92 Å². The van der Waals surface area contributed by atoms with E-state index in [1.807, 2.05) is 43.1 Å². The number of aryl methyl sites for hydroxylation is 1. The van der Waals surface area contributed by atoms with Crippen LogP contribution in [0.15, 0.2) is 48.5 Å². The van der Waals surface area contributed by atoms with Crippen LogP contribution in [0.5, 0.6) is 0 Å². The van der Waals surface area contributed by atoms with Crippen molar-refractivity contribution in [2.24, 2.45) is 0 Å². The average Bonchev–Trinajstić information content (AvgIpc) is 2.60. The van der Waals surface area contributed by atoms with E-state index in [4.69, 9.17) is 12.2 Å². The summed E-state index contributed by atoms with van der Waals surface area (Å²) in [6, 6.07) is 14.6. The molecule has 2 aromatic carbocycles. The molecule has 126 valence electrons. The number of hydrogen-bond acceptors (Lipinski definition) is 3. The molecule has 2 aromatic rings. The van der Waals surface area contributed by atoms with Gasteiger partial charge in [0.25, 0.3) is 5.69 Å². The lowest BCUT2D eigenvalue weighted by atomic mass is 10.1. The number of nitro benzene ring substituents is 1. The van der Waals surface area contributed by atoms with Gasteiger partial charge in [-0.2, -0.15) is 0 Å². The number of para-hydroxylation sites is 1. The first-order valence-corrected chi connectivity index (χ1v) is 8.21. The summed E-state index contributed by atoms with van der Waals surface area (Å²) in [5.41, 5.74) is 3.11. The summed E-state index contributed by atoms with van der Waals surface area (Å²) in [4.78, 5) is 12.5. The maximum atomic E-state index is 10.9. The van der Waals surface area contributed by atoms with Crippen molar-refractivity contribution in [1.82, 2.24) is 4.90 Å². The van der Waals surface area contributed by atoms with Gasteiger partial charge >= 0.3 is 0 Å². The molecular weight excluding hydrogens is 322 g/mol. The van der Waals surface area contributed by atoms with Crippen LogP contribution in [0, 0.1) is 10.1 Å². The van der Waals surface area contributed by atoms with Crippen LogP contribution < -0.4 is 5.32 Å². The first kappa shape index (κ1) is 17.9. The molecule has 0 saturated heterocycles. The van der Waals surface area contributed by atoms with Crippen molar-refractivity contribution in [3.05, 3.63) is 69.8 Å². The molecular formula is C18H21N3O2S. The zero-order valence-corrected chi connectivity index (χ0v) is 14.8. The van der Waals surface area contributed by atoms with Gasteiger partial charge in [-0.05, 0) is 42.8 Å². The van der Waals surface area contributed by atoms with Crippen LogP contribution in [0.4, 0.5) is 11.4 Å². The number of thiocarbonyl (C=S) groups is 1. The Hall–Kier alpha value is -2.47. The standard InChI is InChI=1S/C18H21N3O2S/c1-4-14-8-5-6-11-17(14)19-18(24)20(3)13(2)15-9-7-10-16(12-15)21(22)23/h5-13H,4H2,1-3H3,(H,19,24)/t13-/m1/s1. The highest BCUT2D eigenvalue weighted by Gasteiger charge is 2.17. The van der Waals surface area contributed by atoms with Crippen molar-refractivity contribution in [2.45, 2.75) is 26.3 Å². The zero-order chi connectivity index (χ0) is 17.7. The Balaban J connectivity index is 2.15. The molecule has 2 rings (SSSR count). The lowest BCUT2D eigenvalue weighted by Crippen LogP contribution is -2.33. The first-order valence-electron chi connectivity index (χ1n) is 7.80. The molecule has 0 fully saturated rings. The Bertz CT molecular complexity index is 749. The van der Waals surface area contributed by atoms with Crippen molar-refractivity contribution in [2.75, 3.05) is 12.4 Å². The van der Waals surface area contributed by atoms with Crippen LogP contribution in [-0.2, 0) is 6.42 Å². The monoisotopic (exact) mass is 343 g/mol. The molecule has 0 unspecified atom stereocenters. The highest BCUT2D eigenvalue weighted by Crippen LogP contribution is 2.24. The Morgan fingerprint density at radius 1 is 1.29 bits per heavy atom. The second-order valence-electron chi connectivity index (χ2n) is 5.58. The third-order valence-corrected chi connectivity index (χ3v) is 4.49. The number of nitrogens with zero attached hydrogens (tertiary/aromatic N) is 2. The van der Waals surface area contributed by atoms with Crippen LogP contribution in [-0.4, -0.2) is 22.0 Å². The van der Waals surface area contributed by atoms with Gasteiger partial charge in [0.05, 0.1) is 11.0 Å². The van der Waals surface area contributed by atoms with E-state index >= 15 is 0 Å². The number of non-ortho nitro benzene ring substituents is 1. The fourth-order valence-electron chi connectivity index (χ4n) is 2.45. The molecule has 1 atom stereocenters. The fourth-order valence-corrected chi connectivity index (χ4v) is 2.72. The molecule has 0 aliphatic rings. The average molecular weight is 343 g/mol. The predicted molar refractivity (Wildman–Crippen MR) is 101 cm³/mol. The topological polar surface area (TPSA) is 58.4 Å². The highest BCUT2D eigenvalue weighted by atomic mass is 32.1. The zero-order valence-electron chi connectivity index (χ0n) is 14.0. The number of benzene rings is 2. The Labute approximate surface area is 147 Å². The number of nitro groups is 1. The van der Waals surface area contributed by atoms with E-state index in [-0.39, 0.29) is 16.7 Å². The van der Waals surface area contributed by atoms with Crippen LogP contribution in [0.25, 0.3) is 0 Å². The summed E-state index contributed by atoms with van der Waals surface area (Å²) < 4.78 is 0. The van der Waals surface area contributed by atoms with E-state index in [9.17, 15) is 10.1 Å². The molecule has 0 radical (unpaired) electrons. The molecule has 0 saturated carbocycles. The van der Waals surface area contributed by atoms with Crippen LogP contribution in [0.3, 0.4) is 0 Å². The first-order chi connectivity index (χ1) is 11.4. The van der Waals surface area contributed by atoms with Gasteiger partial charge in [-0.3, -0.25) is 10.1 Å². The van der Waals surface area contributed by atoms with E-state index in [1.165, 1.54) is 11.6 Å². The molecule has 5 nitrogen and oxygen atoms in total. The Morgan fingerprint density at radius 2 is 2.00 bits per heavy atom. The molecule has 0 bridgehead atoms. The van der Waals surface area contributed by atoms with Crippen LogP contribution in [0.2, 0.25) is 0 Å². The van der Waals surface area contributed by atoms with Gasteiger partial charge in [0.1, 0.15) is 0 Å². The summed E-state index contributed by atoms with van der Waals surface area (Å²) in [5.74, 6) is 0. The van der Waals surface area contributed by atoms with Gasteiger partial charge in [0.15, 0.2) is 5.11 Å². The Kier molecular flexibility index (Phi) is 5.87. The van der Waals surface area contributed by atoms with Crippen LogP contribution in [0.1, 0.15) is 31.0 Å². The van der Waals surface area contributed by atoms with E-state index in [1.54, 1.807) is 12.1 Å². The molecule has 0 amide bonds. The minimum Gasteiger partial charge on any atom is -0.345 e. The lowest BCUT2D eigenvalue weighted by molar-refractivity contribution is -0.384. The largest absolute Gasteiger partial charge is 0.345 e. The van der Waals surface area contributed by atoms with Crippen molar-refractivity contribution in [3.8, 4) is 0 Å². The van der Waals surface area contributed by atoms with Gasteiger partial charge in [0, 0.05) is 24.9 Å². The predicted octanol–water partition coefficient (Wildman–Crippen LogP) is 4.55. The summed E-state index contributed by atoms with van der Waals surface area (Å²) in [6.07, 6.45) is 0.913. The summed E-state index contributed by atoms with van der Waals surface area (Å²) in [6.45, 7) is 4.07.